The third-order valence-corrected chi connectivity index (χ3v) is 4.91. The minimum atomic E-state index is 0.130. The highest BCUT2D eigenvalue weighted by Crippen LogP contribution is 2.34. The van der Waals surface area contributed by atoms with Gasteiger partial charge in [-0.2, -0.15) is 5.10 Å². The van der Waals surface area contributed by atoms with Crippen LogP contribution in [0, 0.1) is 13.8 Å². The first-order valence-electron chi connectivity index (χ1n) is 6.85. The molecule has 2 heterocycles. The first kappa shape index (κ1) is 15.7. The second-order valence-electron chi connectivity index (χ2n) is 5.09. The first-order valence-corrected chi connectivity index (χ1v) is 8.46. The lowest BCUT2D eigenvalue weighted by molar-refractivity contribution is 0.476. The maximum absolute atomic E-state index is 4.56. The Kier molecular flexibility index (Phi) is 4.99. The van der Waals surface area contributed by atoms with Crippen molar-refractivity contribution in [2.75, 3.05) is 6.54 Å². The van der Waals surface area contributed by atoms with Gasteiger partial charge in [-0.25, -0.2) is 4.98 Å². The summed E-state index contributed by atoms with van der Waals surface area (Å²) in [5, 5.41) is 9.17. The molecule has 1 atom stereocenters. The van der Waals surface area contributed by atoms with Crippen LogP contribution in [0.25, 0.3) is 0 Å². The van der Waals surface area contributed by atoms with Crippen molar-refractivity contribution >= 4 is 27.3 Å². The SMILES string of the molecule is CCNC(c1sc(C)nc1C)c1c(Br)cnn1C(C)C. The molecule has 4 nitrogen and oxygen atoms in total. The van der Waals surface area contributed by atoms with Gasteiger partial charge in [0.1, 0.15) is 0 Å². The summed E-state index contributed by atoms with van der Waals surface area (Å²) < 4.78 is 3.12. The van der Waals surface area contributed by atoms with Crippen molar-refractivity contribution in [3.63, 3.8) is 0 Å². The van der Waals surface area contributed by atoms with Gasteiger partial charge in [-0.3, -0.25) is 4.68 Å². The van der Waals surface area contributed by atoms with E-state index < -0.39 is 0 Å². The average molecular weight is 357 g/mol. The fourth-order valence-corrected chi connectivity index (χ4v) is 3.87. The quantitative estimate of drug-likeness (QED) is 0.880. The van der Waals surface area contributed by atoms with Crippen LogP contribution in [0.1, 0.15) is 54.1 Å². The van der Waals surface area contributed by atoms with Crippen LogP contribution < -0.4 is 5.32 Å². The Labute approximate surface area is 132 Å². The van der Waals surface area contributed by atoms with E-state index >= 15 is 0 Å². The molecule has 110 valence electrons. The van der Waals surface area contributed by atoms with Gasteiger partial charge in [-0.1, -0.05) is 6.92 Å². The normalized spacial score (nSPS) is 13.2. The van der Waals surface area contributed by atoms with Crippen LogP contribution in [-0.4, -0.2) is 21.3 Å². The third kappa shape index (κ3) is 2.97. The summed E-state index contributed by atoms with van der Waals surface area (Å²) in [5.74, 6) is 0. The Morgan fingerprint density at radius 2 is 2.10 bits per heavy atom. The van der Waals surface area contributed by atoms with Gasteiger partial charge in [0.05, 0.1) is 38.0 Å². The van der Waals surface area contributed by atoms with Crippen molar-refractivity contribution in [1.82, 2.24) is 20.1 Å². The smallest absolute Gasteiger partial charge is 0.0900 e. The molecule has 0 aliphatic rings. The molecule has 0 bridgehead atoms. The summed E-state index contributed by atoms with van der Waals surface area (Å²) in [7, 11) is 0. The highest BCUT2D eigenvalue weighted by molar-refractivity contribution is 9.10. The van der Waals surface area contributed by atoms with E-state index in [4.69, 9.17) is 0 Å². The van der Waals surface area contributed by atoms with E-state index in [0.29, 0.717) is 6.04 Å². The largest absolute Gasteiger partial charge is 0.304 e. The summed E-state index contributed by atoms with van der Waals surface area (Å²) in [6.07, 6.45) is 1.88. The van der Waals surface area contributed by atoms with Gasteiger partial charge in [-0.15, -0.1) is 11.3 Å². The number of nitrogens with one attached hydrogen (secondary N) is 1. The van der Waals surface area contributed by atoms with E-state index in [0.717, 1.165) is 21.7 Å². The number of thiazole rings is 1. The second kappa shape index (κ2) is 6.37. The predicted octanol–water partition coefficient (Wildman–Crippen LogP) is 4.00. The monoisotopic (exact) mass is 356 g/mol. The van der Waals surface area contributed by atoms with Gasteiger partial charge >= 0.3 is 0 Å². The summed E-state index contributed by atoms with van der Waals surface area (Å²) in [6, 6.07) is 0.456. The number of aromatic nitrogens is 3. The van der Waals surface area contributed by atoms with E-state index in [2.05, 4.69) is 70.6 Å². The molecule has 0 saturated carbocycles. The van der Waals surface area contributed by atoms with E-state index in [1.54, 1.807) is 11.3 Å². The zero-order valence-electron chi connectivity index (χ0n) is 12.6. The maximum Gasteiger partial charge on any atom is 0.0900 e. The molecule has 0 saturated heterocycles. The maximum atomic E-state index is 4.56. The Hall–Kier alpha value is -0.720. The molecule has 20 heavy (non-hydrogen) atoms. The summed E-state index contributed by atoms with van der Waals surface area (Å²) in [5.41, 5.74) is 2.27. The molecule has 0 amide bonds. The second-order valence-corrected chi connectivity index (χ2v) is 7.18. The Balaban J connectivity index is 2.54. The van der Waals surface area contributed by atoms with Crippen LogP contribution >= 0.6 is 27.3 Å². The van der Waals surface area contributed by atoms with Crippen LogP contribution in [-0.2, 0) is 0 Å². The summed E-state index contributed by atoms with van der Waals surface area (Å²) >= 11 is 5.40. The van der Waals surface area contributed by atoms with Crippen molar-refractivity contribution in [3.8, 4) is 0 Å². The lowest BCUT2D eigenvalue weighted by atomic mass is 10.1. The van der Waals surface area contributed by atoms with E-state index in [1.807, 2.05) is 6.20 Å². The number of halogens is 1. The molecular formula is C14H21BrN4S. The molecule has 2 aromatic heterocycles. The molecule has 0 radical (unpaired) electrons. The van der Waals surface area contributed by atoms with Gasteiger partial charge < -0.3 is 5.32 Å². The van der Waals surface area contributed by atoms with Gasteiger partial charge in [0.25, 0.3) is 0 Å². The molecule has 0 aliphatic carbocycles. The highest BCUT2D eigenvalue weighted by Gasteiger charge is 2.25. The topological polar surface area (TPSA) is 42.7 Å². The van der Waals surface area contributed by atoms with Crippen molar-refractivity contribution < 1.29 is 0 Å². The number of rotatable bonds is 5. The predicted molar refractivity (Wildman–Crippen MR) is 87.4 cm³/mol. The van der Waals surface area contributed by atoms with Crippen molar-refractivity contribution in [2.24, 2.45) is 0 Å². The van der Waals surface area contributed by atoms with Crippen LogP contribution in [0.3, 0.4) is 0 Å². The zero-order valence-corrected chi connectivity index (χ0v) is 15.0. The minimum Gasteiger partial charge on any atom is -0.304 e. The highest BCUT2D eigenvalue weighted by atomic mass is 79.9. The fraction of sp³-hybridized carbons (Fsp3) is 0.571. The van der Waals surface area contributed by atoms with Crippen LogP contribution in [0.5, 0.6) is 0 Å². The molecular weight excluding hydrogens is 336 g/mol. The minimum absolute atomic E-state index is 0.130. The Morgan fingerprint density at radius 3 is 2.60 bits per heavy atom. The van der Waals surface area contributed by atoms with Crippen molar-refractivity contribution in [1.29, 1.82) is 0 Å². The van der Waals surface area contributed by atoms with E-state index in [-0.39, 0.29) is 6.04 Å². The van der Waals surface area contributed by atoms with Gasteiger partial charge in [0, 0.05) is 6.04 Å². The standard InChI is InChI=1S/C14H21BrN4S/c1-6-16-12(14-9(4)18-10(5)20-14)13-11(15)7-17-19(13)8(2)3/h7-8,12,16H,6H2,1-5H3. The lowest BCUT2D eigenvalue weighted by Gasteiger charge is -2.21. The number of aryl methyl sites for hydroxylation is 2. The Morgan fingerprint density at radius 1 is 1.40 bits per heavy atom. The lowest BCUT2D eigenvalue weighted by Crippen LogP contribution is -2.25. The first-order chi connectivity index (χ1) is 9.45. The molecule has 0 aromatic carbocycles. The molecule has 0 fully saturated rings. The average Bonchev–Trinajstić information content (AvgIpc) is 2.90. The molecule has 1 N–H and O–H groups in total. The Bertz CT molecular complexity index is 588. The molecule has 0 aliphatic heterocycles. The molecule has 2 rings (SSSR count). The van der Waals surface area contributed by atoms with E-state index in [1.165, 1.54) is 10.6 Å². The molecule has 0 spiro atoms. The third-order valence-electron chi connectivity index (χ3n) is 3.16. The molecule has 1 unspecified atom stereocenters. The van der Waals surface area contributed by atoms with Gasteiger partial charge in [-0.05, 0) is 50.2 Å². The van der Waals surface area contributed by atoms with Crippen molar-refractivity contribution in [3.05, 3.63) is 31.9 Å². The number of hydrogen-bond acceptors (Lipinski definition) is 4. The molecule has 2 aromatic rings. The molecule has 6 heteroatoms. The van der Waals surface area contributed by atoms with Crippen LogP contribution in [0.15, 0.2) is 10.7 Å². The van der Waals surface area contributed by atoms with Gasteiger partial charge in [0.2, 0.25) is 0 Å². The fourth-order valence-electron chi connectivity index (χ4n) is 2.36. The van der Waals surface area contributed by atoms with E-state index in [9.17, 15) is 0 Å². The zero-order chi connectivity index (χ0) is 14.9. The number of hydrogen-bond donors (Lipinski definition) is 1. The number of nitrogens with zero attached hydrogens (tertiary/aromatic N) is 3. The van der Waals surface area contributed by atoms with Crippen LogP contribution in [0.4, 0.5) is 0 Å². The summed E-state index contributed by atoms with van der Waals surface area (Å²) in [6.45, 7) is 11.5. The van der Waals surface area contributed by atoms with Crippen molar-refractivity contribution in [2.45, 2.75) is 46.7 Å². The summed E-state index contributed by atoms with van der Waals surface area (Å²) in [4.78, 5) is 5.83. The van der Waals surface area contributed by atoms with Gasteiger partial charge in [0.15, 0.2) is 0 Å². The van der Waals surface area contributed by atoms with Crippen LogP contribution in [0.2, 0.25) is 0 Å².